The molecule has 160 valence electrons. The van der Waals surface area contributed by atoms with Crippen LogP contribution in [0.15, 0.2) is 83.0 Å². The van der Waals surface area contributed by atoms with Crippen LogP contribution in [0.1, 0.15) is 24.1 Å². The number of nitrogens with zero attached hydrogens (tertiary/aromatic N) is 1. The van der Waals surface area contributed by atoms with Gasteiger partial charge in [0.15, 0.2) is 0 Å². The average Bonchev–Trinajstić information content (AvgIpc) is 3.12. The van der Waals surface area contributed by atoms with Crippen LogP contribution in [0.3, 0.4) is 0 Å². The molecule has 4 rings (SSSR count). The van der Waals surface area contributed by atoms with Crippen molar-refractivity contribution in [1.29, 1.82) is 0 Å². The Morgan fingerprint density at radius 1 is 1.06 bits per heavy atom. The fourth-order valence-electron chi connectivity index (χ4n) is 3.82. The Kier molecular flexibility index (Phi) is 5.64. The second-order valence-corrected chi connectivity index (χ2v) is 9.30. The lowest BCUT2D eigenvalue weighted by Gasteiger charge is -2.26. The third-order valence-corrected chi connectivity index (χ3v) is 7.19. The van der Waals surface area contributed by atoms with Crippen molar-refractivity contribution in [3.8, 4) is 0 Å². The van der Waals surface area contributed by atoms with Gasteiger partial charge in [0.1, 0.15) is 5.83 Å². The second kappa shape index (κ2) is 8.24. The molecule has 0 saturated heterocycles. The number of esters is 1. The summed E-state index contributed by atoms with van der Waals surface area (Å²) in [5.41, 5.74) is 1.14. The van der Waals surface area contributed by atoms with E-state index in [1.807, 2.05) is 37.3 Å². The van der Waals surface area contributed by atoms with Crippen LogP contribution in [0.2, 0.25) is 0 Å². The van der Waals surface area contributed by atoms with Crippen molar-refractivity contribution in [3.05, 3.63) is 89.3 Å². The predicted molar refractivity (Wildman–Crippen MR) is 117 cm³/mol. The lowest BCUT2D eigenvalue weighted by Crippen LogP contribution is -2.33. The highest BCUT2D eigenvalue weighted by Crippen LogP contribution is 2.42. The summed E-state index contributed by atoms with van der Waals surface area (Å²) in [5.74, 6) is -1.65. The molecule has 3 aromatic carbocycles. The first-order valence-electron chi connectivity index (χ1n) is 9.96. The zero-order valence-corrected chi connectivity index (χ0v) is 18.0. The summed E-state index contributed by atoms with van der Waals surface area (Å²) in [5, 5.41) is 1.82. The van der Waals surface area contributed by atoms with Gasteiger partial charge in [-0.25, -0.2) is 17.6 Å². The van der Waals surface area contributed by atoms with Crippen molar-refractivity contribution < 1.29 is 22.3 Å². The minimum Gasteiger partial charge on any atom is -0.463 e. The molecule has 0 spiro atoms. The van der Waals surface area contributed by atoms with Crippen LogP contribution >= 0.6 is 0 Å². The van der Waals surface area contributed by atoms with E-state index in [1.165, 1.54) is 12.1 Å². The fourth-order valence-corrected chi connectivity index (χ4v) is 5.36. The smallest absolute Gasteiger partial charge is 0.338 e. The molecule has 0 N–H and O–H groups in total. The van der Waals surface area contributed by atoms with Gasteiger partial charge in [0.05, 0.1) is 29.7 Å². The Bertz CT molecular complexity index is 1280. The van der Waals surface area contributed by atoms with Crippen LogP contribution in [0.4, 0.5) is 4.39 Å². The molecule has 0 aromatic heterocycles. The molecular formula is C24H22FNO4S. The number of benzene rings is 3. The predicted octanol–water partition coefficient (Wildman–Crippen LogP) is 4.68. The molecule has 0 radical (unpaired) electrons. The Hall–Kier alpha value is -3.03. The monoisotopic (exact) mass is 439 g/mol. The van der Waals surface area contributed by atoms with Crippen LogP contribution < -0.4 is 0 Å². The lowest BCUT2D eigenvalue weighted by molar-refractivity contribution is -0.139. The second-order valence-electron chi connectivity index (χ2n) is 7.41. The molecule has 1 aliphatic heterocycles. The zero-order chi connectivity index (χ0) is 22.2. The van der Waals surface area contributed by atoms with E-state index in [0.29, 0.717) is 5.56 Å². The summed E-state index contributed by atoms with van der Waals surface area (Å²) in [6.07, 6.45) is 0. The van der Waals surface area contributed by atoms with E-state index in [1.54, 1.807) is 31.2 Å². The molecule has 3 aromatic rings. The summed E-state index contributed by atoms with van der Waals surface area (Å²) >= 11 is 0. The number of carbonyl (C=O) groups excluding carboxylic acids is 1. The van der Waals surface area contributed by atoms with Crippen molar-refractivity contribution in [1.82, 2.24) is 4.31 Å². The van der Waals surface area contributed by atoms with Gasteiger partial charge < -0.3 is 4.74 Å². The Morgan fingerprint density at radius 2 is 1.74 bits per heavy atom. The molecule has 0 amide bonds. The molecule has 1 unspecified atom stereocenters. The molecule has 1 heterocycles. The quantitative estimate of drug-likeness (QED) is 0.542. The molecule has 0 bridgehead atoms. The van der Waals surface area contributed by atoms with E-state index >= 15 is 4.39 Å². The highest BCUT2D eigenvalue weighted by Gasteiger charge is 2.45. The molecule has 1 aliphatic rings. The van der Waals surface area contributed by atoms with Gasteiger partial charge in [0.2, 0.25) is 10.0 Å². The number of sulfonamides is 1. The first-order chi connectivity index (χ1) is 14.8. The van der Waals surface area contributed by atoms with Crippen LogP contribution in [-0.2, 0) is 19.6 Å². The number of aryl methyl sites for hydroxylation is 1. The third kappa shape index (κ3) is 3.86. The van der Waals surface area contributed by atoms with Gasteiger partial charge in [-0.2, -0.15) is 4.31 Å². The Labute approximate surface area is 180 Å². The van der Waals surface area contributed by atoms with Crippen molar-refractivity contribution in [2.24, 2.45) is 0 Å². The van der Waals surface area contributed by atoms with Crippen LogP contribution in [0, 0.1) is 6.92 Å². The van der Waals surface area contributed by atoms with E-state index in [-0.39, 0.29) is 17.1 Å². The van der Waals surface area contributed by atoms with E-state index in [9.17, 15) is 13.2 Å². The molecule has 7 heteroatoms. The largest absolute Gasteiger partial charge is 0.463 e. The molecule has 0 aliphatic carbocycles. The highest BCUT2D eigenvalue weighted by molar-refractivity contribution is 7.89. The van der Waals surface area contributed by atoms with Crippen molar-refractivity contribution in [3.63, 3.8) is 0 Å². The van der Waals surface area contributed by atoms with E-state index in [0.717, 1.165) is 20.6 Å². The maximum Gasteiger partial charge on any atom is 0.338 e. The minimum absolute atomic E-state index is 0.0433. The van der Waals surface area contributed by atoms with Gasteiger partial charge in [0.25, 0.3) is 0 Å². The SMILES string of the molecule is CCOC(=O)C1=C(F)CN(S(=O)(=O)c2ccc(C)cc2)C1c1ccc2ccccc2c1. The standard InChI is InChI=1S/C24H22FNO4S/c1-3-30-24(27)22-21(25)15-26(31(28,29)20-12-8-16(2)9-13-20)23(22)19-11-10-17-6-4-5-7-18(17)14-19/h4-14,23H,3,15H2,1-2H3. The molecule has 31 heavy (non-hydrogen) atoms. The molecule has 1 atom stereocenters. The van der Waals surface area contributed by atoms with Gasteiger partial charge in [-0.1, -0.05) is 54.1 Å². The fraction of sp³-hybridized carbons (Fsp3) is 0.208. The number of hydrogen-bond acceptors (Lipinski definition) is 4. The molecule has 0 saturated carbocycles. The van der Waals surface area contributed by atoms with E-state index in [4.69, 9.17) is 4.74 Å². The number of ether oxygens (including phenoxy) is 1. The zero-order valence-electron chi connectivity index (χ0n) is 17.2. The maximum absolute atomic E-state index is 15.0. The first kappa shape index (κ1) is 21.2. The first-order valence-corrected chi connectivity index (χ1v) is 11.4. The summed E-state index contributed by atoms with van der Waals surface area (Å²) in [6.45, 7) is 3.01. The normalized spacial score (nSPS) is 17.3. The average molecular weight is 440 g/mol. The topological polar surface area (TPSA) is 63.7 Å². The minimum atomic E-state index is -4.08. The number of carbonyl (C=O) groups is 1. The maximum atomic E-state index is 15.0. The molecule has 5 nitrogen and oxygen atoms in total. The summed E-state index contributed by atoms with van der Waals surface area (Å²) in [6, 6.07) is 18.2. The van der Waals surface area contributed by atoms with Gasteiger partial charge in [-0.05, 0) is 48.4 Å². The van der Waals surface area contributed by atoms with Crippen molar-refractivity contribution in [2.45, 2.75) is 24.8 Å². The van der Waals surface area contributed by atoms with E-state index < -0.39 is 34.4 Å². The summed E-state index contributed by atoms with van der Waals surface area (Å²) in [7, 11) is -4.08. The lowest BCUT2D eigenvalue weighted by atomic mass is 9.97. The van der Waals surface area contributed by atoms with Crippen LogP contribution in [0.5, 0.6) is 0 Å². The number of fused-ring (bicyclic) bond motifs is 1. The van der Waals surface area contributed by atoms with Gasteiger partial charge >= 0.3 is 5.97 Å². The third-order valence-electron chi connectivity index (χ3n) is 5.36. The summed E-state index contributed by atoms with van der Waals surface area (Å²) in [4.78, 5) is 12.7. The number of halogens is 1. The number of rotatable bonds is 5. The van der Waals surface area contributed by atoms with Gasteiger partial charge in [-0.15, -0.1) is 0 Å². The Morgan fingerprint density at radius 3 is 2.42 bits per heavy atom. The van der Waals surface area contributed by atoms with Crippen molar-refractivity contribution in [2.75, 3.05) is 13.2 Å². The van der Waals surface area contributed by atoms with Gasteiger partial charge in [0, 0.05) is 0 Å². The number of hydrogen-bond donors (Lipinski definition) is 0. The Balaban J connectivity index is 1.86. The molecule has 0 fully saturated rings. The van der Waals surface area contributed by atoms with Gasteiger partial charge in [-0.3, -0.25) is 0 Å². The van der Waals surface area contributed by atoms with Crippen molar-refractivity contribution >= 4 is 26.8 Å². The molecular weight excluding hydrogens is 417 g/mol. The highest BCUT2D eigenvalue weighted by atomic mass is 32.2. The van der Waals surface area contributed by atoms with Crippen LogP contribution in [-0.4, -0.2) is 31.8 Å². The van der Waals surface area contributed by atoms with E-state index in [2.05, 4.69) is 0 Å². The summed E-state index contributed by atoms with van der Waals surface area (Å²) < 4.78 is 48.0. The van der Waals surface area contributed by atoms with Crippen LogP contribution in [0.25, 0.3) is 10.8 Å².